The van der Waals surface area contributed by atoms with E-state index >= 15 is 0 Å². The van der Waals surface area contributed by atoms with E-state index in [-0.39, 0.29) is 35.2 Å². The molecule has 4 rings (SSSR count). The number of pyridine rings is 1. The Labute approximate surface area is 171 Å². The topological polar surface area (TPSA) is 74.3 Å². The van der Waals surface area contributed by atoms with Crippen LogP contribution in [0.1, 0.15) is 41.4 Å². The van der Waals surface area contributed by atoms with Gasteiger partial charge in [0.1, 0.15) is 0 Å². The van der Waals surface area contributed by atoms with Gasteiger partial charge in [-0.3, -0.25) is 14.6 Å². The monoisotopic (exact) mass is 392 g/mol. The lowest BCUT2D eigenvalue weighted by Crippen LogP contribution is -2.49. The van der Waals surface area contributed by atoms with Crippen molar-refractivity contribution < 1.29 is 9.59 Å². The number of fused-ring (bicyclic) bond motifs is 1. The van der Waals surface area contributed by atoms with Crippen molar-refractivity contribution in [2.45, 2.75) is 32.4 Å². The first-order valence-electron chi connectivity index (χ1n) is 10.2. The van der Waals surface area contributed by atoms with Crippen molar-refractivity contribution in [1.82, 2.24) is 20.5 Å². The van der Waals surface area contributed by atoms with Gasteiger partial charge in [-0.2, -0.15) is 0 Å². The fourth-order valence-corrected chi connectivity index (χ4v) is 5.05. The lowest BCUT2D eigenvalue weighted by Gasteiger charge is -2.37. The first-order chi connectivity index (χ1) is 13.9. The molecule has 1 fully saturated rings. The van der Waals surface area contributed by atoms with Crippen LogP contribution >= 0.6 is 0 Å². The lowest BCUT2D eigenvalue weighted by molar-refractivity contribution is -0.128. The van der Waals surface area contributed by atoms with Gasteiger partial charge in [0, 0.05) is 42.5 Å². The molecule has 152 valence electrons. The van der Waals surface area contributed by atoms with Gasteiger partial charge in [0.25, 0.3) is 5.91 Å². The van der Waals surface area contributed by atoms with Crippen LogP contribution in [0.25, 0.3) is 0 Å². The Morgan fingerprint density at radius 1 is 1.17 bits per heavy atom. The number of likely N-dealkylation sites (tertiary alicyclic amines) is 1. The van der Waals surface area contributed by atoms with Crippen LogP contribution in [0.3, 0.4) is 0 Å². The second kappa shape index (κ2) is 7.59. The molecular formula is C23H28N4O2. The van der Waals surface area contributed by atoms with Crippen molar-refractivity contribution in [2.75, 3.05) is 20.1 Å². The summed E-state index contributed by atoms with van der Waals surface area (Å²) in [6, 6.07) is 11.5. The van der Waals surface area contributed by atoms with Crippen molar-refractivity contribution in [3.8, 4) is 0 Å². The van der Waals surface area contributed by atoms with Crippen molar-refractivity contribution in [3.05, 3.63) is 65.5 Å². The number of hydrogen-bond acceptors (Lipinski definition) is 4. The van der Waals surface area contributed by atoms with Crippen LogP contribution in [0.5, 0.6) is 0 Å². The molecule has 1 unspecified atom stereocenters. The van der Waals surface area contributed by atoms with Crippen LogP contribution < -0.4 is 10.6 Å². The molecule has 2 aromatic rings. The molecule has 2 aliphatic rings. The van der Waals surface area contributed by atoms with Crippen molar-refractivity contribution in [3.63, 3.8) is 0 Å². The molecule has 1 aliphatic heterocycles. The normalized spacial score (nSPS) is 25.9. The molecule has 1 aromatic carbocycles. The minimum atomic E-state index is -0.361. The number of hydrogen-bond donors (Lipinski definition) is 2. The summed E-state index contributed by atoms with van der Waals surface area (Å²) in [5.74, 6) is -0.253. The van der Waals surface area contributed by atoms with Crippen LogP contribution in [0, 0.1) is 11.3 Å². The number of benzene rings is 1. The zero-order valence-corrected chi connectivity index (χ0v) is 17.2. The smallest absolute Gasteiger partial charge is 0.251 e. The van der Waals surface area contributed by atoms with Crippen molar-refractivity contribution in [2.24, 2.45) is 11.3 Å². The molecule has 0 bridgehead atoms. The minimum Gasteiger partial charge on any atom is -0.354 e. The van der Waals surface area contributed by atoms with Gasteiger partial charge in [-0.15, -0.1) is 0 Å². The summed E-state index contributed by atoms with van der Waals surface area (Å²) in [6.45, 7) is 5.41. The quantitative estimate of drug-likeness (QED) is 0.836. The summed E-state index contributed by atoms with van der Waals surface area (Å²) in [7, 11) is 2.05. The molecule has 1 saturated heterocycles. The maximum absolute atomic E-state index is 13.2. The molecule has 0 saturated carbocycles. The summed E-state index contributed by atoms with van der Waals surface area (Å²) in [5.41, 5.74) is 2.55. The van der Waals surface area contributed by atoms with E-state index in [1.54, 1.807) is 24.5 Å². The highest BCUT2D eigenvalue weighted by molar-refractivity contribution is 5.94. The van der Waals surface area contributed by atoms with Crippen LogP contribution in [0.4, 0.5) is 0 Å². The summed E-state index contributed by atoms with van der Waals surface area (Å²) in [5, 5.41) is 6.37. The second-order valence-corrected chi connectivity index (χ2v) is 8.66. The zero-order valence-electron chi connectivity index (χ0n) is 17.2. The zero-order chi connectivity index (χ0) is 20.6. The van der Waals surface area contributed by atoms with Crippen molar-refractivity contribution >= 4 is 11.8 Å². The third-order valence-corrected chi connectivity index (χ3v) is 6.18. The largest absolute Gasteiger partial charge is 0.354 e. The predicted octanol–water partition coefficient (Wildman–Crippen LogP) is 2.18. The Hall–Kier alpha value is -2.73. The highest BCUT2D eigenvalue weighted by atomic mass is 16.2. The molecule has 1 aromatic heterocycles. The Bertz CT molecular complexity index is 914. The Morgan fingerprint density at radius 2 is 1.90 bits per heavy atom. The fraction of sp³-hybridized carbons (Fsp3) is 0.435. The van der Waals surface area contributed by atoms with Gasteiger partial charge in [0.2, 0.25) is 5.91 Å². The van der Waals surface area contributed by atoms with E-state index in [1.807, 2.05) is 26.0 Å². The van der Waals surface area contributed by atoms with Gasteiger partial charge >= 0.3 is 0 Å². The number of carbonyl (C=O) groups excluding carboxylic acids is 2. The molecule has 6 nitrogen and oxygen atoms in total. The van der Waals surface area contributed by atoms with Gasteiger partial charge in [0.15, 0.2) is 0 Å². The van der Waals surface area contributed by atoms with E-state index in [1.165, 1.54) is 5.56 Å². The molecule has 3 atom stereocenters. The standard InChI is InChI=1S/C23H28N4O2/c1-15(2)25-22(29)19-13-27(3)14-23(19)12-17-6-4-5-7-18(17)20(23)26-21(28)16-8-10-24-11-9-16/h4-11,15,19-20H,12-14H2,1-3H3,(H,25,29)(H,26,28)/t19-,20?,23+/m0/s1. The van der Waals surface area contributed by atoms with Gasteiger partial charge in [-0.1, -0.05) is 24.3 Å². The molecule has 1 spiro atoms. The summed E-state index contributed by atoms with van der Waals surface area (Å²) in [6.07, 6.45) is 4.02. The number of nitrogens with one attached hydrogen (secondary N) is 2. The first kappa shape index (κ1) is 19.6. The molecule has 1 aliphatic carbocycles. The summed E-state index contributed by atoms with van der Waals surface area (Å²) in [4.78, 5) is 32.4. The molecule has 29 heavy (non-hydrogen) atoms. The number of amides is 2. The molecular weight excluding hydrogens is 364 g/mol. The number of rotatable bonds is 4. The second-order valence-electron chi connectivity index (χ2n) is 8.66. The van der Waals surface area contributed by atoms with E-state index in [4.69, 9.17) is 0 Å². The molecule has 6 heteroatoms. The Balaban J connectivity index is 1.72. The van der Waals surface area contributed by atoms with Gasteiger partial charge in [-0.25, -0.2) is 0 Å². The van der Waals surface area contributed by atoms with Gasteiger partial charge in [0.05, 0.1) is 12.0 Å². The van der Waals surface area contributed by atoms with Crippen LogP contribution in [0.15, 0.2) is 48.8 Å². The molecule has 2 N–H and O–H groups in total. The summed E-state index contributed by atoms with van der Waals surface area (Å²) < 4.78 is 0. The first-order valence-corrected chi connectivity index (χ1v) is 10.2. The molecule has 2 amide bonds. The number of nitrogens with zero attached hydrogens (tertiary/aromatic N) is 2. The van der Waals surface area contributed by atoms with Crippen LogP contribution in [-0.4, -0.2) is 47.9 Å². The summed E-state index contributed by atoms with van der Waals surface area (Å²) >= 11 is 0. The van der Waals surface area contributed by atoms with Gasteiger partial charge in [-0.05, 0) is 50.6 Å². The van der Waals surface area contributed by atoms with Crippen molar-refractivity contribution in [1.29, 1.82) is 0 Å². The SMILES string of the molecule is CC(C)NC(=O)[C@@H]1CN(C)C[C@]12Cc1ccccc1C2NC(=O)c1ccncc1. The number of carbonyl (C=O) groups is 2. The van der Waals surface area contributed by atoms with Crippen LogP contribution in [-0.2, 0) is 11.2 Å². The maximum atomic E-state index is 13.2. The minimum absolute atomic E-state index is 0.0697. The van der Waals surface area contributed by atoms with E-state index < -0.39 is 0 Å². The molecule has 2 heterocycles. The van der Waals surface area contributed by atoms with E-state index in [9.17, 15) is 9.59 Å². The van der Waals surface area contributed by atoms with E-state index in [0.29, 0.717) is 12.1 Å². The average molecular weight is 393 g/mol. The Morgan fingerprint density at radius 3 is 2.62 bits per heavy atom. The third-order valence-electron chi connectivity index (χ3n) is 6.18. The van der Waals surface area contributed by atoms with Gasteiger partial charge < -0.3 is 15.5 Å². The highest BCUT2D eigenvalue weighted by Crippen LogP contribution is 2.54. The highest BCUT2D eigenvalue weighted by Gasteiger charge is 2.58. The lowest BCUT2D eigenvalue weighted by atomic mass is 9.71. The average Bonchev–Trinajstić information content (AvgIpc) is 3.19. The van der Waals surface area contributed by atoms with Crippen LogP contribution in [0.2, 0.25) is 0 Å². The third kappa shape index (κ3) is 3.53. The fourth-order valence-electron chi connectivity index (χ4n) is 5.05. The van der Waals surface area contributed by atoms with E-state index in [0.717, 1.165) is 18.5 Å². The van der Waals surface area contributed by atoms with E-state index in [2.05, 4.69) is 39.7 Å². The maximum Gasteiger partial charge on any atom is 0.251 e. The number of aromatic nitrogens is 1. The Kier molecular flexibility index (Phi) is 5.13. The molecule has 0 radical (unpaired) electrons. The predicted molar refractivity (Wildman–Crippen MR) is 111 cm³/mol.